The van der Waals surface area contributed by atoms with Crippen LogP contribution in [0.25, 0.3) is 0 Å². The van der Waals surface area contributed by atoms with E-state index in [1.807, 2.05) is 61.5 Å². The van der Waals surface area contributed by atoms with Gasteiger partial charge in [0.2, 0.25) is 0 Å². The lowest BCUT2D eigenvalue weighted by atomic mass is 9.76. The molecule has 0 aliphatic carbocycles. The Labute approximate surface area is 173 Å². The van der Waals surface area contributed by atoms with Crippen molar-refractivity contribution < 1.29 is 14.6 Å². The minimum absolute atomic E-state index is 0.0659. The van der Waals surface area contributed by atoms with Crippen molar-refractivity contribution in [2.45, 2.75) is 62.6 Å². The van der Waals surface area contributed by atoms with Crippen LogP contribution in [-0.2, 0) is 21.4 Å². The summed E-state index contributed by atoms with van der Waals surface area (Å²) in [5.41, 5.74) is 1.92. The molecule has 29 heavy (non-hydrogen) atoms. The highest BCUT2D eigenvalue weighted by Gasteiger charge is 2.45. The number of esters is 1. The van der Waals surface area contributed by atoms with Crippen LogP contribution in [0.1, 0.15) is 42.4 Å². The summed E-state index contributed by atoms with van der Waals surface area (Å²) in [6.45, 7) is 1.77. The van der Waals surface area contributed by atoms with Crippen molar-refractivity contribution in [1.82, 2.24) is 4.90 Å². The molecule has 0 radical (unpaired) electrons. The molecule has 4 nitrogen and oxygen atoms in total. The third-order valence-electron chi connectivity index (χ3n) is 6.94. The summed E-state index contributed by atoms with van der Waals surface area (Å²) in [6, 6.07) is 18.8. The van der Waals surface area contributed by atoms with E-state index in [1.54, 1.807) is 0 Å². The van der Waals surface area contributed by atoms with E-state index in [9.17, 15) is 9.90 Å². The molecule has 2 heterocycles. The maximum Gasteiger partial charge on any atom is 0.319 e. The number of carbonyl (C=O) groups is 1. The number of nitrogens with zero attached hydrogens (tertiary/aromatic N) is 1. The Morgan fingerprint density at radius 3 is 2.28 bits per heavy atom. The molecule has 2 bridgehead atoms. The topological polar surface area (TPSA) is 49.8 Å². The fourth-order valence-corrected chi connectivity index (χ4v) is 5.04. The van der Waals surface area contributed by atoms with E-state index in [2.05, 4.69) is 11.9 Å². The zero-order chi connectivity index (χ0) is 20.4. The Morgan fingerprint density at radius 1 is 1.07 bits per heavy atom. The molecule has 2 aromatic carbocycles. The predicted octanol–water partition coefficient (Wildman–Crippen LogP) is 3.64. The highest BCUT2D eigenvalue weighted by Crippen LogP contribution is 2.37. The lowest BCUT2D eigenvalue weighted by molar-refractivity contribution is -0.161. The van der Waals surface area contributed by atoms with Crippen LogP contribution in [0, 0.1) is 6.92 Å². The van der Waals surface area contributed by atoms with Crippen LogP contribution in [0.3, 0.4) is 0 Å². The Balaban J connectivity index is 1.60. The second-order valence-corrected chi connectivity index (χ2v) is 8.82. The first kappa shape index (κ1) is 20.1. The van der Waals surface area contributed by atoms with Gasteiger partial charge in [0, 0.05) is 12.1 Å². The van der Waals surface area contributed by atoms with E-state index in [4.69, 9.17) is 4.74 Å². The van der Waals surface area contributed by atoms with E-state index < -0.39 is 5.41 Å². The number of carbonyl (C=O) groups excluding carboxylic acids is 1. The molecular weight excluding hydrogens is 362 g/mol. The summed E-state index contributed by atoms with van der Waals surface area (Å²) in [5.74, 6) is -0.305. The number of fused-ring (bicyclic) bond motifs is 2. The van der Waals surface area contributed by atoms with Gasteiger partial charge in [0.25, 0.3) is 0 Å². The number of aliphatic hydroxyl groups excluding tert-OH is 1. The van der Waals surface area contributed by atoms with Crippen molar-refractivity contribution in [2.24, 2.45) is 0 Å². The van der Waals surface area contributed by atoms with Gasteiger partial charge in [-0.05, 0) is 57.2 Å². The second kappa shape index (κ2) is 8.29. The van der Waals surface area contributed by atoms with Crippen molar-refractivity contribution in [3.63, 3.8) is 0 Å². The van der Waals surface area contributed by atoms with Crippen LogP contribution in [0.15, 0.2) is 54.6 Å². The molecule has 1 N–H and O–H groups in total. The molecule has 2 aliphatic rings. The number of rotatable bonds is 6. The number of hydrogen-bond donors (Lipinski definition) is 1. The molecule has 2 aromatic rings. The third-order valence-corrected chi connectivity index (χ3v) is 6.94. The van der Waals surface area contributed by atoms with E-state index in [0.717, 1.165) is 24.0 Å². The first-order valence-electron chi connectivity index (χ1n) is 10.7. The first-order valence-corrected chi connectivity index (χ1v) is 10.7. The number of aryl methyl sites for hydroxylation is 1. The SMILES string of the molecule is Cc1ccc(CC(CO)(C(=O)OC2CC3CCC(C2)N3C)c2ccccc2)cc1. The molecule has 3 unspecified atom stereocenters. The summed E-state index contributed by atoms with van der Waals surface area (Å²) in [6.07, 6.45) is 4.50. The van der Waals surface area contributed by atoms with Crippen LogP contribution in [-0.4, -0.2) is 47.8 Å². The van der Waals surface area contributed by atoms with Gasteiger partial charge in [-0.3, -0.25) is 4.79 Å². The zero-order valence-electron chi connectivity index (χ0n) is 17.4. The standard InChI is InChI=1S/C25H31NO3/c1-18-8-10-19(11-9-18)16-25(17-27,20-6-4-3-5-7-20)24(28)29-23-14-21-12-13-22(15-23)26(21)2/h3-11,21-23,27H,12-17H2,1-2H3. The molecule has 0 spiro atoms. The molecule has 4 heteroatoms. The molecule has 3 atom stereocenters. The summed E-state index contributed by atoms with van der Waals surface area (Å²) < 4.78 is 6.10. The van der Waals surface area contributed by atoms with Crippen LogP contribution in [0.2, 0.25) is 0 Å². The van der Waals surface area contributed by atoms with Gasteiger partial charge in [-0.25, -0.2) is 0 Å². The maximum atomic E-state index is 13.6. The van der Waals surface area contributed by atoms with Crippen molar-refractivity contribution in [3.8, 4) is 0 Å². The van der Waals surface area contributed by atoms with Gasteiger partial charge in [-0.15, -0.1) is 0 Å². The minimum atomic E-state index is -1.08. The van der Waals surface area contributed by atoms with Gasteiger partial charge in [-0.2, -0.15) is 0 Å². The van der Waals surface area contributed by atoms with Crippen LogP contribution in [0.5, 0.6) is 0 Å². The fraction of sp³-hybridized carbons (Fsp3) is 0.480. The molecule has 2 aliphatic heterocycles. The lowest BCUT2D eigenvalue weighted by Gasteiger charge is -2.38. The van der Waals surface area contributed by atoms with Gasteiger partial charge in [0.15, 0.2) is 0 Å². The first-order chi connectivity index (χ1) is 14.0. The molecule has 0 saturated carbocycles. The van der Waals surface area contributed by atoms with Crippen LogP contribution in [0.4, 0.5) is 0 Å². The molecule has 2 saturated heterocycles. The zero-order valence-corrected chi connectivity index (χ0v) is 17.4. The van der Waals surface area contributed by atoms with Crippen LogP contribution < -0.4 is 0 Å². The Kier molecular flexibility index (Phi) is 5.75. The van der Waals surface area contributed by atoms with Crippen LogP contribution >= 0.6 is 0 Å². The van der Waals surface area contributed by atoms with E-state index in [1.165, 1.54) is 18.4 Å². The number of benzene rings is 2. The minimum Gasteiger partial charge on any atom is -0.462 e. The second-order valence-electron chi connectivity index (χ2n) is 8.82. The molecule has 0 amide bonds. The predicted molar refractivity (Wildman–Crippen MR) is 114 cm³/mol. The Morgan fingerprint density at radius 2 is 1.69 bits per heavy atom. The Hall–Kier alpha value is -2.17. The van der Waals surface area contributed by atoms with Crippen molar-refractivity contribution in [1.29, 1.82) is 0 Å². The van der Waals surface area contributed by atoms with Gasteiger partial charge < -0.3 is 14.7 Å². The third kappa shape index (κ3) is 3.96. The number of hydrogen-bond acceptors (Lipinski definition) is 4. The van der Waals surface area contributed by atoms with Crippen molar-refractivity contribution >= 4 is 5.97 Å². The van der Waals surface area contributed by atoms with E-state index in [-0.39, 0.29) is 18.7 Å². The number of aliphatic hydroxyl groups is 1. The van der Waals surface area contributed by atoms with Gasteiger partial charge in [0.1, 0.15) is 11.5 Å². The Bertz CT molecular complexity index is 821. The maximum absolute atomic E-state index is 13.6. The van der Waals surface area contributed by atoms with Crippen molar-refractivity contribution in [2.75, 3.05) is 13.7 Å². The molecule has 2 fully saturated rings. The summed E-state index contributed by atoms with van der Waals surface area (Å²) in [4.78, 5) is 16.0. The summed E-state index contributed by atoms with van der Waals surface area (Å²) >= 11 is 0. The number of piperidine rings is 1. The van der Waals surface area contributed by atoms with Crippen molar-refractivity contribution in [3.05, 3.63) is 71.3 Å². The molecule has 0 aromatic heterocycles. The van der Waals surface area contributed by atoms with Gasteiger partial charge in [0.05, 0.1) is 6.61 Å². The quantitative estimate of drug-likeness (QED) is 0.762. The number of ether oxygens (including phenoxy) is 1. The summed E-state index contributed by atoms with van der Waals surface area (Å²) in [5, 5.41) is 10.5. The van der Waals surface area contributed by atoms with Gasteiger partial charge >= 0.3 is 5.97 Å². The lowest BCUT2D eigenvalue weighted by Crippen LogP contribution is -2.48. The fourth-order valence-electron chi connectivity index (χ4n) is 5.04. The largest absolute Gasteiger partial charge is 0.462 e. The normalized spacial score (nSPS) is 26.1. The summed E-state index contributed by atoms with van der Waals surface area (Å²) in [7, 11) is 2.18. The van der Waals surface area contributed by atoms with E-state index >= 15 is 0 Å². The van der Waals surface area contributed by atoms with E-state index in [0.29, 0.717) is 18.5 Å². The average molecular weight is 394 g/mol. The molecule has 4 rings (SSSR count). The highest BCUT2D eigenvalue weighted by atomic mass is 16.5. The smallest absolute Gasteiger partial charge is 0.319 e. The molecular formula is C25H31NO3. The average Bonchev–Trinajstić information content (AvgIpc) is 2.94. The van der Waals surface area contributed by atoms with Gasteiger partial charge in [-0.1, -0.05) is 60.2 Å². The highest BCUT2D eigenvalue weighted by molar-refractivity contribution is 5.84. The molecule has 154 valence electrons. The monoisotopic (exact) mass is 393 g/mol.